The molecule has 0 radical (unpaired) electrons. The predicted molar refractivity (Wildman–Crippen MR) is 75.0 cm³/mol. The number of sulfone groups is 1. The van der Waals surface area contributed by atoms with Gasteiger partial charge in [0, 0.05) is 11.8 Å². The molecular weight excluding hydrogens is 302 g/mol. The Morgan fingerprint density at radius 2 is 2.00 bits per heavy atom. The lowest BCUT2D eigenvalue weighted by atomic mass is 10.0. The Bertz CT molecular complexity index is 597. The van der Waals surface area contributed by atoms with Crippen molar-refractivity contribution in [2.24, 2.45) is 0 Å². The Morgan fingerprint density at radius 3 is 2.57 bits per heavy atom. The number of carbonyl (C=O) groups excluding carboxylic acids is 1. The molecule has 118 valence electrons. The lowest BCUT2D eigenvalue weighted by molar-refractivity contribution is -0.173. The summed E-state index contributed by atoms with van der Waals surface area (Å²) in [5.74, 6) is -5.30. The van der Waals surface area contributed by atoms with Gasteiger partial charge in [-0.2, -0.15) is 8.78 Å². The number of rotatable bonds is 7. The van der Waals surface area contributed by atoms with Crippen LogP contribution in [0.5, 0.6) is 0 Å². The van der Waals surface area contributed by atoms with Gasteiger partial charge in [0.1, 0.15) is 9.84 Å². The van der Waals surface area contributed by atoms with Crippen molar-refractivity contribution in [2.75, 3.05) is 18.6 Å². The molecule has 7 heteroatoms. The summed E-state index contributed by atoms with van der Waals surface area (Å²) in [6.07, 6.45) is 1.81. The van der Waals surface area contributed by atoms with Crippen molar-refractivity contribution in [1.82, 2.24) is 0 Å². The number of alkyl halides is 2. The number of halogens is 2. The minimum absolute atomic E-state index is 0.00844. The Balaban J connectivity index is 2.82. The van der Waals surface area contributed by atoms with E-state index >= 15 is 0 Å². The predicted octanol–water partition coefficient (Wildman–Crippen LogP) is 2.32. The summed E-state index contributed by atoms with van der Waals surface area (Å²) in [5.41, 5.74) is 0.109. The molecule has 1 aromatic carbocycles. The summed E-state index contributed by atoms with van der Waals surface area (Å²) in [5, 5.41) is 0. The first-order valence-corrected chi connectivity index (χ1v) is 8.55. The fourth-order valence-corrected chi connectivity index (χ4v) is 2.47. The largest absolute Gasteiger partial charge is 0.461 e. The normalized spacial score (nSPS) is 12.2. The lowest BCUT2D eigenvalue weighted by Crippen LogP contribution is -2.28. The van der Waals surface area contributed by atoms with Crippen LogP contribution in [-0.2, 0) is 31.7 Å². The van der Waals surface area contributed by atoms with E-state index in [9.17, 15) is 22.0 Å². The van der Waals surface area contributed by atoms with E-state index in [0.717, 1.165) is 12.3 Å². The van der Waals surface area contributed by atoms with E-state index in [1.54, 1.807) is 6.07 Å². The van der Waals surface area contributed by atoms with Crippen LogP contribution in [-0.4, -0.2) is 33.0 Å². The lowest BCUT2D eigenvalue weighted by Gasteiger charge is -2.15. The van der Waals surface area contributed by atoms with Gasteiger partial charge in [0.2, 0.25) is 0 Å². The Labute approximate surface area is 123 Å². The molecular formula is C14H18F2O4S. The van der Waals surface area contributed by atoms with E-state index in [1.165, 1.54) is 19.1 Å². The van der Waals surface area contributed by atoms with Crippen molar-refractivity contribution in [3.05, 3.63) is 35.4 Å². The summed E-state index contributed by atoms with van der Waals surface area (Å²) >= 11 is 0. The average Bonchev–Trinajstić information content (AvgIpc) is 2.38. The van der Waals surface area contributed by atoms with E-state index in [0.29, 0.717) is 18.4 Å². The molecule has 0 unspecified atom stereocenters. The number of hydrogen-bond acceptors (Lipinski definition) is 4. The maximum absolute atomic E-state index is 13.9. The van der Waals surface area contributed by atoms with Crippen molar-refractivity contribution in [2.45, 2.75) is 25.7 Å². The van der Waals surface area contributed by atoms with Crippen LogP contribution in [0.3, 0.4) is 0 Å². The number of ether oxygens (including phenoxy) is 1. The van der Waals surface area contributed by atoms with Gasteiger partial charge >= 0.3 is 11.9 Å². The van der Waals surface area contributed by atoms with Gasteiger partial charge in [-0.3, -0.25) is 0 Å². The number of hydrogen-bond donors (Lipinski definition) is 0. The molecule has 1 rings (SSSR count). The maximum Gasteiger partial charge on any atom is 0.381 e. The zero-order chi connectivity index (χ0) is 16.1. The van der Waals surface area contributed by atoms with E-state index in [4.69, 9.17) is 0 Å². The summed E-state index contributed by atoms with van der Waals surface area (Å²) in [4.78, 5) is 11.3. The summed E-state index contributed by atoms with van der Waals surface area (Å²) in [7, 11) is -3.08. The highest BCUT2D eigenvalue weighted by Gasteiger charge is 2.42. The van der Waals surface area contributed by atoms with Crippen molar-refractivity contribution in [3.8, 4) is 0 Å². The summed E-state index contributed by atoms with van der Waals surface area (Å²) < 4.78 is 54.1. The zero-order valence-electron chi connectivity index (χ0n) is 11.9. The number of esters is 1. The quantitative estimate of drug-likeness (QED) is 0.723. The van der Waals surface area contributed by atoms with Crippen LogP contribution < -0.4 is 0 Å². The summed E-state index contributed by atoms with van der Waals surface area (Å²) in [6.45, 7) is 1.33. The van der Waals surface area contributed by atoms with Crippen LogP contribution in [0.15, 0.2) is 24.3 Å². The van der Waals surface area contributed by atoms with E-state index in [-0.39, 0.29) is 12.4 Å². The molecule has 0 bridgehead atoms. The molecule has 0 aromatic heterocycles. The first-order chi connectivity index (χ1) is 9.66. The third kappa shape index (κ3) is 5.41. The number of carbonyl (C=O) groups is 1. The molecule has 0 atom stereocenters. The SMILES string of the molecule is CCOC(=O)C(F)(F)c1cccc(CCCS(C)(=O)=O)c1. The first-order valence-electron chi connectivity index (χ1n) is 6.49. The smallest absolute Gasteiger partial charge is 0.381 e. The van der Waals surface area contributed by atoms with Crippen molar-refractivity contribution in [1.29, 1.82) is 0 Å². The van der Waals surface area contributed by atoms with E-state index in [2.05, 4.69) is 4.74 Å². The highest BCUT2D eigenvalue weighted by molar-refractivity contribution is 7.90. The Kier molecular flexibility index (Phi) is 5.83. The minimum atomic E-state index is -3.71. The second-order valence-corrected chi connectivity index (χ2v) is 6.99. The highest BCUT2D eigenvalue weighted by Crippen LogP contribution is 2.30. The van der Waals surface area contributed by atoms with E-state index < -0.39 is 27.3 Å². The molecule has 4 nitrogen and oxygen atoms in total. The molecule has 0 aliphatic carbocycles. The van der Waals surface area contributed by atoms with Gasteiger partial charge in [0.15, 0.2) is 0 Å². The standard InChI is InChI=1S/C14H18F2O4S/c1-3-20-13(17)14(15,16)12-8-4-6-11(10-12)7-5-9-21(2,18)19/h4,6,8,10H,3,5,7,9H2,1-2H3. The van der Waals surface area contributed by atoms with Crippen LogP contribution in [0.25, 0.3) is 0 Å². The van der Waals surface area contributed by atoms with Crippen LogP contribution in [0.2, 0.25) is 0 Å². The molecule has 0 saturated heterocycles. The van der Waals surface area contributed by atoms with Gasteiger partial charge in [-0.05, 0) is 31.4 Å². The topological polar surface area (TPSA) is 60.4 Å². The molecule has 0 fully saturated rings. The van der Waals surface area contributed by atoms with Crippen LogP contribution in [0.1, 0.15) is 24.5 Å². The molecule has 0 aliphatic rings. The van der Waals surface area contributed by atoms with Crippen LogP contribution in [0.4, 0.5) is 8.78 Å². The Hall–Kier alpha value is -1.50. The number of benzene rings is 1. The fraction of sp³-hybridized carbons (Fsp3) is 0.500. The minimum Gasteiger partial charge on any atom is -0.461 e. The zero-order valence-corrected chi connectivity index (χ0v) is 12.8. The molecule has 0 saturated carbocycles. The van der Waals surface area contributed by atoms with Gasteiger partial charge in [0.25, 0.3) is 0 Å². The first kappa shape index (κ1) is 17.6. The second-order valence-electron chi connectivity index (χ2n) is 4.73. The number of aryl methyl sites for hydroxylation is 1. The molecule has 0 amide bonds. The van der Waals surface area contributed by atoms with Crippen LogP contribution >= 0.6 is 0 Å². The van der Waals surface area contributed by atoms with Gasteiger partial charge in [-0.1, -0.05) is 18.2 Å². The molecule has 0 N–H and O–H groups in total. The molecule has 0 spiro atoms. The van der Waals surface area contributed by atoms with E-state index in [1.807, 2.05) is 0 Å². The summed E-state index contributed by atoms with van der Waals surface area (Å²) in [6, 6.07) is 5.39. The monoisotopic (exact) mass is 320 g/mol. The fourth-order valence-electron chi connectivity index (χ4n) is 1.80. The van der Waals surface area contributed by atoms with Gasteiger partial charge in [-0.15, -0.1) is 0 Å². The molecule has 0 aliphatic heterocycles. The average molecular weight is 320 g/mol. The third-order valence-electron chi connectivity index (χ3n) is 2.80. The van der Waals surface area contributed by atoms with Crippen molar-refractivity contribution < 1.29 is 26.7 Å². The molecule has 21 heavy (non-hydrogen) atoms. The van der Waals surface area contributed by atoms with Crippen LogP contribution in [0, 0.1) is 0 Å². The van der Waals surface area contributed by atoms with Gasteiger partial charge in [0.05, 0.1) is 12.4 Å². The highest BCUT2D eigenvalue weighted by atomic mass is 32.2. The van der Waals surface area contributed by atoms with Gasteiger partial charge < -0.3 is 4.74 Å². The molecule has 0 heterocycles. The third-order valence-corrected chi connectivity index (χ3v) is 3.83. The second kappa shape index (κ2) is 6.98. The van der Waals surface area contributed by atoms with Crippen molar-refractivity contribution >= 4 is 15.8 Å². The maximum atomic E-state index is 13.9. The van der Waals surface area contributed by atoms with Crippen molar-refractivity contribution in [3.63, 3.8) is 0 Å². The Morgan fingerprint density at radius 1 is 1.33 bits per heavy atom. The van der Waals surface area contributed by atoms with Gasteiger partial charge in [-0.25, -0.2) is 13.2 Å². The molecule has 1 aromatic rings.